The van der Waals surface area contributed by atoms with E-state index in [1.807, 2.05) is 0 Å². The molecule has 0 saturated carbocycles. The lowest BCUT2D eigenvalue weighted by atomic mass is 10.3. The number of methoxy groups -OCH3 is 1. The van der Waals surface area contributed by atoms with Crippen molar-refractivity contribution >= 4 is 5.97 Å². The molecule has 2 heterocycles. The minimum Gasteiger partial charge on any atom is -0.469 e. The molecular formula is C14H18N4O6. The zero-order valence-corrected chi connectivity index (χ0v) is 13.5. The van der Waals surface area contributed by atoms with Gasteiger partial charge in [-0.25, -0.2) is 9.59 Å². The first kappa shape index (κ1) is 18.9. The van der Waals surface area contributed by atoms with Gasteiger partial charge in [0.2, 0.25) is 0 Å². The highest BCUT2D eigenvalue weighted by atomic mass is 16.5. The Morgan fingerprint density at radius 2 is 1.71 bits per heavy atom. The topological polar surface area (TPSA) is 147 Å². The number of aromatic amines is 3. The van der Waals surface area contributed by atoms with Gasteiger partial charge < -0.3 is 9.72 Å². The van der Waals surface area contributed by atoms with Crippen molar-refractivity contribution in [3.05, 3.63) is 65.2 Å². The first-order chi connectivity index (χ1) is 11.2. The Balaban J connectivity index is 0.000000272. The van der Waals surface area contributed by atoms with Gasteiger partial charge in [-0.15, -0.1) is 0 Å². The third-order valence-electron chi connectivity index (χ3n) is 2.98. The van der Waals surface area contributed by atoms with E-state index in [4.69, 9.17) is 0 Å². The fourth-order valence-corrected chi connectivity index (χ4v) is 1.58. The van der Waals surface area contributed by atoms with Gasteiger partial charge in [-0.05, 0) is 13.8 Å². The Morgan fingerprint density at radius 1 is 1.08 bits per heavy atom. The van der Waals surface area contributed by atoms with Crippen molar-refractivity contribution in [1.29, 1.82) is 0 Å². The molecule has 10 nitrogen and oxygen atoms in total. The molecule has 0 bridgehead atoms. The van der Waals surface area contributed by atoms with Crippen LogP contribution in [0.4, 0.5) is 0 Å². The van der Waals surface area contributed by atoms with Crippen molar-refractivity contribution in [2.45, 2.75) is 26.8 Å². The van der Waals surface area contributed by atoms with Crippen LogP contribution in [0.5, 0.6) is 0 Å². The Hall–Kier alpha value is -3.17. The van der Waals surface area contributed by atoms with Gasteiger partial charge >= 0.3 is 17.3 Å². The summed E-state index contributed by atoms with van der Waals surface area (Å²) in [6.07, 6.45) is 2.90. The molecule has 0 amide bonds. The second kappa shape index (κ2) is 8.46. The molecule has 2 rings (SSSR count). The molecule has 2 aromatic heterocycles. The quantitative estimate of drug-likeness (QED) is 0.598. The number of ether oxygens (including phenoxy) is 1. The second-order valence-electron chi connectivity index (χ2n) is 4.85. The molecule has 2 aromatic rings. The number of rotatable bonds is 3. The third-order valence-corrected chi connectivity index (χ3v) is 2.98. The predicted molar refractivity (Wildman–Crippen MR) is 85.1 cm³/mol. The van der Waals surface area contributed by atoms with Crippen molar-refractivity contribution < 1.29 is 9.53 Å². The lowest BCUT2D eigenvalue weighted by Gasteiger charge is -2.04. The van der Waals surface area contributed by atoms with Crippen molar-refractivity contribution in [3.8, 4) is 0 Å². The van der Waals surface area contributed by atoms with Crippen LogP contribution in [0.15, 0.2) is 31.6 Å². The van der Waals surface area contributed by atoms with Crippen LogP contribution >= 0.6 is 0 Å². The molecule has 10 heteroatoms. The van der Waals surface area contributed by atoms with Gasteiger partial charge in [-0.3, -0.25) is 28.9 Å². The van der Waals surface area contributed by atoms with E-state index in [2.05, 4.69) is 19.7 Å². The molecule has 0 aliphatic rings. The summed E-state index contributed by atoms with van der Waals surface area (Å²) in [4.78, 5) is 60.6. The predicted octanol–water partition coefficient (Wildman–Crippen LogP) is -1.22. The summed E-state index contributed by atoms with van der Waals surface area (Å²) in [6.45, 7) is 3.41. The van der Waals surface area contributed by atoms with Crippen molar-refractivity contribution in [2.24, 2.45) is 0 Å². The molecule has 0 atom stereocenters. The number of carbonyl (C=O) groups is 1. The van der Waals surface area contributed by atoms with Crippen LogP contribution in [0.1, 0.15) is 17.5 Å². The van der Waals surface area contributed by atoms with E-state index in [0.29, 0.717) is 11.1 Å². The number of hydrogen-bond acceptors (Lipinski definition) is 6. The molecule has 0 aliphatic heterocycles. The first-order valence-electron chi connectivity index (χ1n) is 6.90. The van der Waals surface area contributed by atoms with Gasteiger partial charge in [0, 0.05) is 30.1 Å². The summed E-state index contributed by atoms with van der Waals surface area (Å²) in [5.74, 6) is -0.397. The lowest BCUT2D eigenvalue weighted by molar-refractivity contribution is -0.140. The van der Waals surface area contributed by atoms with Crippen LogP contribution in [0, 0.1) is 13.8 Å². The molecule has 0 radical (unpaired) electrons. The highest BCUT2D eigenvalue weighted by Crippen LogP contribution is 1.90. The van der Waals surface area contributed by atoms with E-state index in [0.717, 1.165) is 0 Å². The summed E-state index contributed by atoms with van der Waals surface area (Å²) in [7, 11) is 1.28. The van der Waals surface area contributed by atoms with Crippen molar-refractivity contribution in [3.63, 3.8) is 0 Å². The minimum atomic E-state index is -0.519. The molecular weight excluding hydrogens is 320 g/mol. The zero-order chi connectivity index (χ0) is 18.3. The Morgan fingerprint density at radius 3 is 2.25 bits per heavy atom. The molecule has 0 spiro atoms. The summed E-state index contributed by atoms with van der Waals surface area (Å²) >= 11 is 0. The fraction of sp³-hybridized carbons (Fsp3) is 0.357. The molecule has 0 fully saturated rings. The number of aromatic nitrogens is 4. The van der Waals surface area contributed by atoms with E-state index in [1.165, 1.54) is 24.1 Å². The van der Waals surface area contributed by atoms with E-state index in [-0.39, 0.29) is 18.5 Å². The normalized spacial score (nSPS) is 9.79. The van der Waals surface area contributed by atoms with E-state index in [1.54, 1.807) is 13.8 Å². The maximum atomic E-state index is 11.2. The van der Waals surface area contributed by atoms with E-state index in [9.17, 15) is 24.0 Å². The molecule has 0 saturated heterocycles. The number of H-pyrrole nitrogens is 3. The van der Waals surface area contributed by atoms with Gasteiger partial charge in [0.25, 0.3) is 11.1 Å². The number of aryl methyl sites for hydroxylation is 3. The van der Waals surface area contributed by atoms with Gasteiger partial charge in [-0.1, -0.05) is 0 Å². The smallest absolute Gasteiger partial charge is 0.328 e. The van der Waals surface area contributed by atoms with Gasteiger partial charge in [0.1, 0.15) is 0 Å². The second-order valence-corrected chi connectivity index (χ2v) is 4.85. The largest absolute Gasteiger partial charge is 0.469 e. The van der Waals surface area contributed by atoms with Gasteiger partial charge in [-0.2, -0.15) is 0 Å². The van der Waals surface area contributed by atoms with Gasteiger partial charge in [0.15, 0.2) is 0 Å². The van der Waals surface area contributed by atoms with Crippen molar-refractivity contribution in [2.75, 3.05) is 7.11 Å². The standard InChI is InChI=1S/C9H12N2O4.C5H6N2O2/c1-6-5-11(4-3-7(12)15-2)9(14)10-8(6)13;1-3-2-6-5(9)7-4(3)8/h5H,3-4H2,1-2H3,(H,10,13,14);2H,1H3,(H2,6,7,8,9). The number of nitrogens with zero attached hydrogens (tertiary/aromatic N) is 1. The van der Waals surface area contributed by atoms with Crippen LogP contribution in [0.25, 0.3) is 0 Å². The summed E-state index contributed by atoms with van der Waals surface area (Å²) < 4.78 is 5.71. The Kier molecular flexibility index (Phi) is 6.65. The highest BCUT2D eigenvalue weighted by Gasteiger charge is 2.04. The van der Waals surface area contributed by atoms with Gasteiger partial charge in [0.05, 0.1) is 13.5 Å². The summed E-state index contributed by atoms with van der Waals surface area (Å²) in [6, 6.07) is 0. The molecule has 0 aliphatic carbocycles. The van der Waals surface area contributed by atoms with Crippen molar-refractivity contribution in [1.82, 2.24) is 19.5 Å². The molecule has 0 unspecified atom stereocenters. The van der Waals surface area contributed by atoms with Crippen LogP contribution in [-0.4, -0.2) is 32.6 Å². The Labute approximate surface area is 135 Å². The zero-order valence-electron chi connectivity index (χ0n) is 13.5. The maximum Gasteiger partial charge on any atom is 0.328 e. The first-order valence-corrected chi connectivity index (χ1v) is 6.90. The SMILES string of the molecule is COC(=O)CCn1cc(C)c(=O)[nH]c1=O.Cc1c[nH]c(=O)[nH]c1=O. The highest BCUT2D eigenvalue weighted by molar-refractivity contribution is 5.68. The molecule has 130 valence electrons. The maximum absolute atomic E-state index is 11.2. The average Bonchev–Trinajstić information content (AvgIpc) is 2.53. The van der Waals surface area contributed by atoms with Crippen LogP contribution in [0.3, 0.4) is 0 Å². The third kappa shape index (κ3) is 5.55. The average molecular weight is 338 g/mol. The molecule has 3 N–H and O–H groups in total. The summed E-state index contributed by atoms with van der Waals surface area (Å²) in [5.41, 5.74) is -0.790. The fourth-order valence-electron chi connectivity index (χ4n) is 1.58. The van der Waals surface area contributed by atoms with E-state index < -0.39 is 22.9 Å². The van der Waals surface area contributed by atoms with Crippen LogP contribution in [-0.2, 0) is 16.1 Å². The molecule has 0 aromatic carbocycles. The van der Waals surface area contributed by atoms with E-state index >= 15 is 0 Å². The summed E-state index contributed by atoms with van der Waals surface area (Å²) in [5, 5.41) is 0. The number of carbonyl (C=O) groups excluding carboxylic acids is 1. The van der Waals surface area contributed by atoms with Crippen LogP contribution < -0.4 is 22.5 Å². The lowest BCUT2D eigenvalue weighted by Crippen LogP contribution is -2.31. The minimum absolute atomic E-state index is 0.0991. The Bertz CT molecular complexity index is 934. The van der Waals surface area contributed by atoms with Crippen LogP contribution in [0.2, 0.25) is 0 Å². The number of esters is 1. The number of nitrogens with one attached hydrogen (secondary N) is 3. The number of hydrogen-bond donors (Lipinski definition) is 3. The molecule has 24 heavy (non-hydrogen) atoms. The monoisotopic (exact) mass is 338 g/mol.